The summed E-state index contributed by atoms with van der Waals surface area (Å²) in [4.78, 5) is 14.0. The summed E-state index contributed by atoms with van der Waals surface area (Å²) in [6.45, 7) is 10.2. The molecule has 1 aromatic carbocycles. The molecule has 0 saturated carbocycles. The number of aryl methyl sites for hydroxylation is 1. The largest absolute Gasteiger partial charge is 0.355 e. The highest BCUT2D eigenvalue weighted by Crippen LogP contribution is 2.24. The lowest BCUT2D eigenvalue weighted by Gasteiger charge is -2.21. The van der Waals surface area contributed by atoms with Gasteiger partial charge in [0.2, 0.25) is 5.91 Å². The molecule has 3 heteroatoms. The van der Waals surface area contributed by atoms with Crippen LogP contribution in [-0.2, 0) is 16.6 Å². The lowest BCUT2D eigenvalue weighted by molar-refractivity contribution is -0.120. The van der Waals surface area contributed by atoms with E-state index in [-0.39, 0.29) is 11.3 Å². The quantitative estimate of drug-likeness (QED) is 0.896. The Bertz CT molecular complexity index is 459. The lowest BCUT2D eigenvalue weighted by Crippen LogP contribution is -2.32. The van der Waals surface area contributed by atoms with Gasteiger partial charge in [-0.2, -0.15) is 0 Å². The van der Waals surface area contributed by atoms with E-state index in [0.29, 0.717) is 13.0 Å². The summed E-state index contributed by atoms with van der Waals surface area (Å²) >= 11 is 0. The minimum atomic E-state index is 0.0982. The molecule has 0 heterocycles. The van der Waals surface area contributed by atoms with Gasteiger partial charge in [-0.25, -0.2) is 0 Å². The van der Waals surface area contributed by atoms with Crippen molar-refractivity contribution in [2.24, 2.45) is 0 Å². The third kappa shape index (κ3) is 5.33. The van der Waals surface area contributed by atoms with Gasteiger partial charge in [0, 0.05) is 13.1 Å². The molecule has 1 N–H and O–H groups in total. The third-order valence-corrected chi connectivity index (χ3v) is 3.45. The maximum absolute atomic E-state index is 12.0. The molecule has 0 spiro atoms. The molecule has 3 nitrogen and oxygen atoms in total. The minimum absolute atomic E-state index is 0.0982. The summed E-state index contributed by atoms with van der Waals surface area (Å²) in [5.74, 6) is 0.0982. The molecule has 112 valence electrons. The summed E-state index contributed by atoms with van der Waals surface area (Å²) in [7, 11) is 4.01. The van der Waals surface area contributed by atoms with E-state index in [1.165, 1.54) is 11.1 Å². The van der Waals surface area contributed by atoms with Crippen molar-refractivity contribution >= 4 is 5.91 Å². The van der Waals surface area contributed by atoms with Crippen LogP contribution in [0.5, 0.6) is 0 Å². The van der Waals surface area contributed by atoms with E-state index in [4.69, 9.17) is 0 Å². The van der Waals surface area contributed by atoms with Gasteiger partial charge in [-0.05, 0) is 43.1 Å². The van der Waals surface area contributed by atoms with Gasteiger partial charge >= 0.3 is 0 Å². The highest BCUT2D eigenvalue weighted by Gasteiger charge is 2.15. The summed E-state index contributed by atoms with van der Waals surface area (Å²) < 4.78 is 0. The summed E-state index contributed by atoms with van der Waals surface area (Å²) in [6.07, 6.45) is 0.461. The molecule has 0 aliphatic rings. The number of carbonyl (C=O) groups excluding carboxylic acids is 1. The average molecular weight is 276 g/mol. The Morgan fingerprint density at radius 2 is 1.90 bits per heavy atom. The van der Waals surface area contributed by atoms with E-state index < -0.39 is 0 Å². The number of amides is 1. The van der Waals surface area contributed by atoms with Gasteiger partial charge in [0.15, 0.2) is 0 Å². The normalized spacial score (nSPS) is 11.8. The van der Waals surface area contributed by atoms with E-state index in [9.17, 15) is 4.79 Å². The number of nitrogens with one attached hydrogen (secondary N) is 1. The average Bonchev–Trinajstić information content (AvgIpc) is 2.30. The first-order chi connectivity index (χ1) is 9.20. The van der Waals surface area contributed by atoms with Gasteiger partial charge in [0.25, 0.3) is 0 Å². The molecular formula is C17H28N2O. The zero-order chi connectivity index (χ0) is 15.3. The number of nitrogens with zero attached hydrogens (tertiary/aromatic N) is 1. The van der Waals surface area contributed by atoms with E-state index in [1.54, 1.807) is 0 Å². The monoisotopic (exact) mass is 276 g/mol. The lowest BCUT2D eigenvalue weighted by atomic mass is 9.85. The fraction of sp³-hybridized carbons (Fsp3) is 0.588. The van der Waals surface area contributed by atoms with Crippen LogP contribution in [0.4, 0.5) is 0 Å². The molecule has 0 fully saturated rings. The maximum Gasteiger partial charge on any atom is 0.224 e. The van der Waals surface area contributed by atoms with Gasteiger partial charge in [0.1, 0.15) is 0 Å². The predicted molar refractivity (Wildman–Crippen MR) is 85.1 cm³/mol. The first-order valence-corrected chi connectivity index (χ1v) is 7.21. The number of carbonyl (C=O) groups is 1. The Labute approximate surface area is 123 Å². The van der Waals surface area contributed by atoms with Crippen molar-refractivity contribution in [2.75, 3.05) is 27.2 Å². The number of benzene rings is 1. The fourth-order valence-corrected chi connectivity index (χ4v) is 1.98. The van der Waals surface area contributed by atoms with Gasteiger partial charge in [-0.15, -0.1) is 0 Å². The molecule has 0 aliphatic heterocycles. The van der Waals surface area contributed by atoms with Gasteiger partial charge in [-0.3, -0.25) is 4.79 Å². The van der Waals surface area contributed by atoms with Crippen molar-refractivity contribution in [1.29, 1.82) is 0 Å². The second-order valence-corrected chi connectivity index (χ2v) is 6.72. The van der Waals surface area contributed by atoms with Crippen molar-refractivity contribution in [3.63, 3.8) is 0 Å². The molecule has 0 radical (unpaired) electrons. The number of hydrogen-bond donors (Lipinski definition) is 1. The first-order valence-electron chi connectivity index (χ1n) is 7.21. The van der Waals surface area contributed by atoms with Crippen LogP contribution in [0.15, 0.2) is 18.2 Å². The van der Waals surface area contributed by atoms with Crippen LogP contribution in [-0.4, -0.2) is 38.0 Å². The molecule has 0 saturated heterocycles. The molecule has 0 aromatic heterocycles. The predicted octanol–water partition coefficient (Wildman–Crippen LogP) is 2.51. The summed E-state index contributed by atoms with van der Waals surface area (Å²) in [5.41, 5.74) is 3.70. The van der Waals surface area contributed by atoms with Gasteiger partial charge in [-0.1, -0.05) is 39.0 Å². The zero-order valence-electron chi connectivity index (χ0n) is 13.7. The molecule has 1 aromatic rings. The second-order valence-electron chi connectivity index (χ2n) is 6.72. The van der Waals surface area contributed by atoms with Crippen LogP contribution in [0.1, 0.15) is 37.5 Å². The number of hydrogen-bond acceptors (Lipinski definition) is 2. The second kappa shape index (κ2) is 6.89. The Hall–Kier alpha value is -1.35. The Kier molecular flexibility index (Phi) is 5.75. The van der Waals surface area contributed by atoms with Crippen molar-refractivity contribution in [3.8, 4) is 0 Å². The van der Waals surface area contributed by atoms with Crippen LogP contribution >= 0.6 is 0 Å². The van der Waals surface area contributed by atoms with E-state index >= 15 is 0 Å². The molecule has 0 bridgehead atoms. The Morgan fingerprint density at radius 3 is 2.45 bits per heavy atom. The van der Waals surface area contributed by atoms with Crippen LogP contribution in [0.2, 0.25) is 0 Å². The van der Waals surface area contributed by atoms with Crippen molar-refractivity contribution in [3.05, 3.63) is 34.9 Å². The minimum Gasteiger partial charge on any atom is -0.355 e. The Balaban J connectivity index is 2.69. The summed E-state index contributed by atoms with van der Waals surface area (Å²) in [6, 6.07) is 6.44. The summed E-state index contributed by atoms with van der Waals surface area (Å²) in [5, 5.41) is 2.97. The molecule has 0 aliphatic carbocycles. The van der Waals surface area contributed by atoms with Gasteiger partial charge < -0.3 is 10.2 Å². The molecular weight excluding hydrogens is 248 g/mol. The van der Waals surface area contributed by atoms with E-state index in [2.05, 4.69) is 56.1 Å². The number of rotatable bonds is 5. The Morgan fingerprint density at radius 1 is 1.25 bits per heavy atom. The van der Waals surface area contributed by atoms with Crippen LogP contribution in [0.25, 0.3) is 0 Å². The van der Waals surface area contributed by atoms with Crippen LogP contribution in [0, 0.1) is 6.92 Å². The zero-order valence-corrected chi connectivity index (χ0v) is 13.7. The van der Waals surface area contributed by atoms with Gasteiger partial charge in [0.05, 0.1) is 6.42 Å². The third-order valence-electron chi connectivity index (χ3n) is 3.45. The molecule has 0 unspecified atom stereocenters. The van der Waals surface area contributed by atoms with Crippen molar-refractivity contribution in [2.45, 2.75) is 39.5 Å². The van der Waals surface area contributed by atoms with Crippen molar-refractivity contribution in [1.82, 2.24) is 10.2 Å². The standard InChI is InChI=1S/C17H28N2O/c1-13-7-8-15(17(2,3)4)11-14(13)12-16(20)18-9-10-19(5)6/h7-8,11H,9-10,12H2,1-6H3,(H,18,20). The van der Waals surface area contributed by atoms with E-state index in [0.717, 1.165) is 12.1 Å². The molecule has 1 rings (SSSR count). The first kappa shape index (κ1) is 16.7. The molecule has 20 heavy (non-hydrogen) atoms. The fourth-order valence-electron chi connectivity index (χ4n) is 1.98. The molecule has 0 atom stereocenters. The van der Waals surface area contributed by atoms with E-state index in [1.807, 2.05) is 14.1 Å². The topological polar surface area (TPSA) is 32.3 Å². The molecule has 1 amide bonds. The SMILES string of the molecule is Cc1ccc(C(C)(C)C)cc1CC(=O)NCCN(C)C. The highest BCUT2D eigenvalue weighted by molar-refractivity contribution is 5.79. The number of likely N-dealkylation sites (N-methyl/N-ethyl adjacent to an activating group) is 1. The highest BCUT2D eigenvalue weighted by atomic mass is 16.1. The smallest absolute Gasteiger partial charge is 0.224 e. The maximum atomic E-state index is 12.0. The van der Waals surface area contributed by atoms with Crippen LogP contribution in [0.3, 0.4) is 0 Å². The van der Waals surface area contributed by atoms with Crippen molar-refractivity contribution < 1.29 is 4.79 Å². The van der Waals surface area contributed by atoms with Crippen LogP contribution < -0.4 is 5.32 Å².